The number of aromatic hydroxyl groups is 1. The predicted octanol–water partition coefficient (Wildman–Crippen LogP) is 5.63. The van der Waals surface area contributed by atoms with Crippen LogP contribution in [0.25, 0.3) is 0 Å². The van der Waals surface area contributed by atoms with Gasteiger partial charge in [-0.3, -0.25) is 14.6 Å². The Bertz CT molecular complexity index is 1050. The number of nitrogens with zero attached hydrogens (tertiary/aromatic N) is 2. The first-order valence-corrected chi connectivity index (χ1v) is 15.7. The zero-order chi connectivity index (χ0) is 26.3. The maximum Gasteiger partial charge on any atom is 0.255 e. The predicted molar refractivity (Wildman–Crippen MR) is 143 cm³/mol. The molecule has 196 valence electrons. The minimum Gasteiger partial charge on any atom is -0.507 e. The van der Waals surface area contributed by atoms with Gasteiger partial charge >= 0.3 is 0 Å². The fourth-order valence-electron chi connectivity index (χ4n) is 4.26. The van der Waals surface area contributed by atoms with Crippen molar-refractivity contribution < 1.29 is 23.9 Å². The molecule has 2 heterocycles. The fourth-order valence-corrected chi connectivity index (χ4v) is 5.30. The Labute approximate surface area is 216 Å². The molecule has 1 N–H and O–H groups in total. The van der Waals surface area contributed by atoms with Crippen LogP contribution in [0.5, 0.6) is 11.5 Å². The summed E-state index contributed by atoms with van der Waals surface area (Å²) in [5, 5.41) is 10.0. The summed E-state index contributed by atoms with van der Waals surface area (Å²) >= 11 is 0. The Hall–Kier alpha value is -2.71. The number of rotatable bonds is 10. The second-order valence-electron chi connectivity index (χ2n) is 10.9. The van der Waals surface area contributed by atoms with E-state index in [1.165, 1.54) is 6.07 Å². The number of likely N-dealkylation sites (tertiary alicyclic amines) is 1. The Kier molecular flexibility index (Phi) is 9.30. The number of hydrogen-bond donors (Lipinski definition) is 1. The van der Waals surface area contributed by atoms with E-state index < -0.39 is 8.32 Å². The van der Waals surface area contributed by atoms with E-state index in [0.717, 1.165) is 25.0 Å². The van der Waals surface area contributed by atoms with Gasteiger partial charge in [-0.2, -0.15) is 0 Å². The summed E-state index contributed by atoms with van der Waals surface area (Å²) in [6.45, 7) is 12.7. The molecule has 0 spiro atoms. The molecule has 36 heavy (non-hydrogen) atoms. The van der Waals surface area contributed by atoms with Crippen molar-refractivity contribution in [1.29, 1.82) is 0 Å². The highest BCUT2D eigenvalue weighted by Crippen LogP contribution is 2.36. The van der Waals surface area contributed by atoms with Crippen LogP contribution < -0.4 is 4.74 Å². The van der Waals surface area contributed by atoms with E-state index in [4.69, 9.17) is 9.16 Å². The van der Waals surface area contributed by atoms with Crippen molar-refractivity contribution in [3.8, 4) is 11.5 Å². The maximum absolute atomic E-state index is 13.7. The van der Waals surface area contributed by atoms with Gasteiger partial charge in [-0.05, 0) is 61.7 Å². The number of phenols is 1. The van der Waals surface area contributed by atoms with E-state index in [-0.39, 0.29) is 28.3 Å². The first kappa shape index (κ1) is 27.9. The van der Waals surface area contributed by atoms with Crippen molar-refractivity contribution >= 4 is 20.5 Å². The highest BCUT2D eigenvalue weighted by Gasteiger charge is 2.37. The zero-order valence-corrected chi connectivity index (χ0v) is 23.3. The van der Waals surface area contributed by atoms with Crippen LogP contribution in [0.15, 0.2) is 36.5 Å². The first-order valence-electron chi connectivity index (χ1n) is 12.8. The van der Waals surface area contributed by atoms with Gasteiger partial charge in [-0.25, -0.2) is 0 Å². The second kappa shape index (κ2) is 12.0. The molecule has 0 bridgehead atoms. The Balaban J connectivity index is 1.66. The van der Waals surface area contributed by atoms with Gasteiger partial charge in [0.25, 0.3) is 5.91 Å². The van der Waals surface area contributed by atoms with Gasteiger partial charge in [0.05, 0.1) is 23.4 Å². The molecule has 1 saturated heterocycles. The van der Waals surface area contributed by atoms with E-state index in [0.29, 0.717) is 50.2 Å². The average molecular weight is 513 g/mol. The van der Waals surface area contributed by atoms with Crippen molar-refractivity contribution in [3.05, 3.63) is 53.3 Å². The molecule has 3 rings (SSSR count). The molecule has 0 radical (unpaired) electrons. The molecule has 8 heteroatoms. The van der Waals surface area contributed by atoms with Crippen LogP contribution in [0.2, 0.25) is 18.1 Å². The lowest BCUT2D eigenvalue weighted by Gasteiger charge is -2.37. The molecule has 0 unspecified atom stereocenters. The molecule has 0 saturated carbocycles. The molecule has 1 aromatic heterocycles. The lowest BCUT2D eigenvalue weighted by Crippen LogP contribution is -2.45. The van der Waals surface area contributed by atoms with Gasteiger partial charge in [-0.1, -0.05) is 26.8 Å². The summed E-state index contributed by atoms with van der Waals surface area (Å²) in [6, 6.07) is 8.49. The smallest absolute Gasteiger partial charge is 0.255 e. The molecular formula is C28H40N2O5Si. The number of aromatic nitrogens is 1. The van der Waals surface area contributed by atoms with Crippen molar-refractivity contribution in [2.24, 2.45) is 0 Å². The molecule has 2 aromatic rings. The summed E-state index contributed by atoms with van der Waals surface area (Å²) in [7, 11) is -1.87. The Morgan fingerprint density at radius 1 is 1.19 bits per heavy atom. The van der Waals surface area contributed by atoms with Crippen LogP contribution >= 0.6 is 0 Å². The zero-order valence-electron chi connectivity index (χ0n) is 22.3. The third kappa shape index (κ3) is 6.73. The Morgan fingerprint density at radius 2 is 1.97 bits per heavy atom. The minimum atomic E-state index is -1.87. The molecule has 1 aliphatic heterocycles. The molecule has 7 nitrogen and oxygen atoms in total. The van der Waals surface area contributed by atoms with Crippen LogP contribution in [-0.4, -0.2) is 61.3 Å². The Morgan fingerprint density at radius 3 is 2.69 bits per heavy atom. The number of phenolic OH excluding ortho intramolecular Hbond substituents is 1. The average Bonchev–Trinajstić information content (AvgIpc) is 2.83. The van der Waals surface area contributed by atoms with Crippen molar-refractivity contribution in [2.75, 3.05) is 19.8 Å². The van der Waals surface area contributed by atoms with E-state index >= 15 is 0 Å². The SMILES string of the molecule is CC(C)(C)[Si](C)(C)OCCc1ncccc1C(=O)N1CCCC[C@H]1CCOc1cccc(O)c1C=O. The van der Waals surface area contributed by atoms with Crippen LogP contribution in [0.4, 0.5) is 0 Å². The third-order valence-electron chi connectivity index (χ3n) is 7.49. The summed E-state index contributed by atoms with van der Waals surface area (Å²) in [4.78, 5) is 31.5. The number of benzene rings is 1. The van der Waals surface area contributed by atoms with Crippen LogP contribution in [-0.2, 0) is 10.8 Å². The monoisotopic (exact) mass is 512 g/mol. The van der Waals surface area contributed by atoms with Gasteiger partial charge in [0, 0.05) is 38.2 Å². The third-order valence-corrected chi connectivity index (χ3v) is 12.0. The first-order chi connectivity index (χ1) is 17.0. The van der Waals surface area contributed by atoms with Crippen molar-refractivity contribution in [2.45, 2.75) is 77.0 Å². The topological polar surface area (TPSA) is 89.0 Å². The second-order valence-corrected chi connectivity index (χ2v) is 15.8. The quantitative estimate of drug-likeness (QED) is 0.328. The normalized spacial score (nSPS) is 16.6. The number of amides is 1. The summed E-state index contributed by atoms with van der Waals surface area (Å²) in [5.74, 6) is 0.259. The molecule has 1 aromatic carbocycles. The van der Waals surface area contributed by atoms with E-state index in [9.17, 15) is 14.7 Å². The van der Waals surface area contributed by atoms with Crippen LogP contribution in [0.3, 0.4) is 0 Å². The lowest BCUT2D eigenvalue weighted by atomic mass is 9.98. The van der Waals surface area contributed by atoms with E-state index in [1.807, 2.05) is 17.0 Å². The maximum atomic E-state index is 13.7. The molecule has 0 aliphatic carbocycles. The largest absolute Gasteiger partial charge is 0.507 e. The number of hydrogen-bond acceptors (Lipinski definition) is 6. The van der Waals surface area contributed by atoms with Gasteiger partial charge in [-0.15, -0.1) is 0 Å². The lowest BCUT2D eigenvalue weighted by molar-refractivity contribution is 0.0578. The van der Waals surface area contributed by atoms with E-state index in [2.05, 4.69) is 38.8 Å². The van der Waals surface area contributed by atoms with Gasteiger partial charge in [0.1, 0.15) is 11.5 Å². The summed E-state index contributed by atoms with van der Waals surface area (Å²) in [6.07, 6.45) is 6.50. The van der Waals surface area contributed by atoms with Gasteiger partial charge in [0.2, 0.25) is 0 Å². The number of carbonyl (C=O) groups is 2. The fraction of sp³-hybridized carbons (Fsp3) is 0.536. The standard InChI is InChI=1S/C28H40N2O5Si/c1-28(2,3)36(4,5)35-19-15-24-22(11-9-16-29-24)27(33)30-17-7-6-10-21(30)14-18-34-26-13-8-12-25(32)23(26)20-31/h8-9,11-13,16,20-21,32H,6-7,10,14-15,17-19H2,1-5H3/t21-/m0/s1. The molecular weight excluding hydrogens is 472 g/mol. The minimum absolute atomic E-state index is 0.000984. The molecule has 1 amide bonds. The van der Waals surface area contributed by atoms with Gasteiger partial charge < -0.3 is 19.2 Å². The van der Waals surface area contributed by atoms with Gasteiger partial charge in [0.15, 0.2) is 14.6 Å². The summed E-state index contributed by atoms with van der Waals surface area (Å²) in [5.41, 5.74) is 1.56. The molecule has 1 atom stereocenters. The number of aldehydes is 1. The molecule has 1 fully saturated rings. The number of ether oxygens (including phenoxy) is 1. The van der Waals surface area contributed by atoms with E-state index in [1.54, 1.807) is 18.3 Å². The van der Waals surface area contributed by atoms with Crippen LogP contribution in [0.1, 0.15) is 72.9 Å². The number of piperidine rings is 1. The highest BCUT2D eigenvalue weighted by molar-refractivity contribution is 6.74. The van der Waals surface area contributed by atoms with Crippen molar-refractivity contribution in [3.63, 3.8) is 0 Å². The molecule has 1 aliphatic rings. The number of carbonyl (C=O) groups excluding carboxylic acids is 2. The highest BCUT2D eigenvalue weighted by atomic mass is 28.4. The summed E-state index contributed by atoms with van der Waals surface area (Å²) < 4.78 is 12.2. The number of pyridine rings is 1. The van der Waals surface area contributed by atoms with Crippen LogP contribution in [0, 0.1) is 0 Å². The van der Waals surface area contributed by atoms with Crippen molar-refractivity contribution in [1.82, 2.24) is 9.88 Å².